The molecule has 0 fully saturated rings. The quantitative estimate of drug-likeness (QED) is 0.876. The summed E-state index contributed by atoms with van der Waals surface area (Å²) in [4.78, 5) is 0. The number of aromatic nitrogens is 2. The molecule has 0 aromatic carbocycles. The molecule has 2 N–H and O–H groups in total. The summed E-state index contributed by atoms with van der Waals surface area (Å²) < 4.78 is 8.70. The maximum atomic E-state index is 6.30. The second-order valence-corrected chi connectivity index (χ2v) is 5.79. The molecule has 4 nitrogen and oxygen atoms in total. The van der Waals surface area contributed by atoms with E-state index in [4.69, 9.17) is 10.5 Å². The Kier molecular flexibility index (Phi) is 5.82. The molecule has 0 radical (unpaired) electrons. The van der Waals surface area contributed by atoms with Crippen molar-refractivity contribution in [2.75, 3.05) is 6.61 Å². The monoisotopic (exact) mass is 317 g/mol. The summed E-state index contributed by atoms with van der Waals surface area (Å²) in [5, 5.41) is 4.39. The molecular weight excluding hydrogens is 294 g/mol. The van der Waals surface area contributed by atoms with E-state index in [0.717, 1.165) is 22.3 Å². The zero-order valence-electron chi connectivity index (χ0n) is 11.9. The topological polar surface area (TPSA) is 53.1 Å². The summed E-state index contributed by atoms with van der Waals surface area (Å²) in [5.74, 6) is 0.410. The minimum atomic E-state index is -0.0175. The van der Waals surface area contributed by atoms with E-state index in [1.165, 1.54) is 0 Å². The van der Waals surface area contributed by atoms with Gasteiger partial charge in [0.05, 0.1) is 22.0 Å². The van der Waals surface area contributed by atoms with Gasteiger partial charge in [-0.1, -0.05) is 13.8 Å². The lowest BCUT2D eigenvalue weighted by molar-refractivity contribution is 0.0124. The third kappa shape index (κ3) is 3.56. The van der Waals surface area contributed by atoms with Gasteiger partial charge in [-0.3, -0.25) is 4.68 Å². The van der Waals surface area contributed by atoms with Gasteiger partial charge in [-0.15, -0.1) is 0 Å². The third-order valence-corrected chi connectivity index (χ3v) is 4.16. The van der Waals surface area contributed by atoms with Gasteiger partial charge >= 0.3 is 0 Å². The number of hydrogen-bond donors (Lipinski definition) is 1. The van der Waals surface area contributed by atoms with Crippen molar-refractivity contribution >= 4 is 15.9 Å². The first kappa shape index (κ1) is 15.7. The molecule has 0 aliphatic carbocycles. The highest BCUT2D eigenvalue weighted by molar-refractivity contribution is 9.10. The average Bonchev–Trinajstić information content (AvgIpc) is 2.52. The van der Waals surface area contributed by atoms with Crippen LogP contribution in [-0.2, 0) is 18.2 Å². The number of rotatable bonds is 6. The van der Waals surface area contributed by atoms with Crippen LogP contribution in [0.5, 0.6) is 0 Å². The third-order valence-electron chi connectivity index (χ3n) is 3.13. The van der Waals surface area contributed by atoms with E-state index in [-0.39, 0.29) is 12.1 Å². The second kappa shape index (κ2) is 6.68. The van der Waals surface area contributed by atoms with Crippen LogP contribution in [0.4, 0.5) is 0 Å². The van der Waals surface area contributed by atoms with Crippen molar-refractivity contribution in [3.63, 3.8) is 0 Å². The summed E-state index contributed by atoms with van der Waals surface area (Å²) in [6.45, 7) is 8.98. The van der Waals surface area contributed by atoms with Crippen LogP contribution >= 0.6 is 15.9 Å². The number of ether oxygens (including phenoxy) is 1. The molecule has 1 aromatic heterocycles. The van der Waals surface area contributed by atoms with Gasteiger partial charge in [-0.2, -0.15) is 5.10 Å². The highest BCUT2D eigenvalue weighted by Gasteiger charge is 2.24. The van der Waals surface area contributed by atoms with Crippen molar-refractivity contribution < 1.29 is 4.74 Å². The van der Waals surface area contributed by atoms with E-state index < -0.39 is 0 Å². The van der Waals surface area contributed by atoms with Gasteiger partial charge in [0.15, 0.2) is 0 Å². The SMILES string of the molecule is CCOC(C(C)C)C(N)Cc1c(Br)c(C)nn1C. The zero-order valence-corrected chi connectivity index (χ0v) is 13.5. The lowest BCUT2D eigenvalue weighted by atomic mass is 9.96. The number of nitrogens with two attached hydrogens (primary N) is 1. The van der Waals surface area contributed by atoms with Gasteiger partial charge in [-0.05, 0) is 35.7 Å². The summed E-state index contributed by atoms with van der Waals surface area (Å²) in [7, 11) is 1.95. The molecule has 5 heteroatoms. The predicted octanol–water partition coefficient (Wildman–Crippen LogP) is 2.42. The smallest absolute Gasteiger partial charge is 0.0752 e. The van der Waals surface area contributed by atoms with E-state index in [2.05, 4.69) is 34.9 Å². The Balaban J connectivity index is 2.82. The predicted molar refractivity (Wildman–Crippen MR) is 77.6 cm³/mol. The Labute approximate surface area is 118 Å². The summed E-state index contributed by atoms with van der Waals surface area (Å²) >= 11 is 3.57. The molecule has 0 bridgehead atoms. The Hall–Kier alpha value is -0.390. The zero-order chi connectivity index (χ0) is 13.9. The highest BCUT2D eigenvalue weighted by atomic mass is 79.9. The van der Waals surface area contributed by atoms with E-state index in [1.54, 1.807) is 0 Å². The number of nitrogens with zero attached hydrogens (tertiary/aromatic N) is 2. The normalized spacial score (nSPS) is 15.1. The van der Waals surface area contributed by atoms with Gasteiger partial charge in [0, 0.05) is 26.1 Å². The standard InChI is InChI=1S/C13H24BrN3O/c1-6-18-13(8(2)3)10(15)7-11-12(14)9(4)16-17(11)5/h8,10,13H,6-7,15H2,1-5H3. The van der Waals surface area contributed by atoms with E-state index >= 15 is 0 Å². The van der Waals surface area contributed by atoms with Crippen LogP contribution < -0.4 is 5.73 Å². The van der Waals surface area contributed by atoms with Gasteiger partial charge in [-0.25, -0.2) is 0 Å². The average molecular weight is 318 g/mol. The highest BCUT2D eigenvalue weighted by Crippen LogP contribution is 2.23. The largest absolute Gasteiger partial charge is 0.377 e. The second-order valence-electron chi connectivity index (χ2n) is 5.00. The lowest BCUT2D eigenvalue weighted by Gasteiger charge is -2.27. The van der Waals surface area contributed by atoms with Crippen LogP contribution in [0, 0.1) is 12.8 Å². The van der Waals surface area contributed by atoms with Gasteiger partial charge in [0.1, 0.15) is 0 Å². The van der Waals surface area contributed by atoms with Gasteiger partial charge < -0.3 is 10.5 Å². The van der Waals surface area contributed by atoms with Crippen molar-refractivity contribution in [3.8, 4) is 0 Å². The first-order chi connectivity index (χ1) is 8.38. The van der Waals surface area contributed by atoms with Crippen LogP contribution in [0.25, 0.3) is 0 Å². The van der Waals surface area contributed by atoms with E-state index in [9.17, 15) is 0 Å². The molecule has 0 aliphatic rings. The van der Waals surface area contributed by atoms with E-state index in [0.29, 0.717) is 12.5 Å². The molecule has 0 saturated heterocycles. The molecule has 2 atom stereocenters. The van der Waals surface area contributed by atoms with Crippen LogP contribution in [0.1, 0.15) is 32.2 Å². The molecule has 0 amide bonds. The molecule has 1 aromatic rings. The molecule has 0 saturated carbocycles. The first-order valence-electron chi connectivity index (χ1n) is 6.43. The van der Waals surface area contributed by atoms with Crippen molar-refractivity contribution in [2.24, 2.45) is 18.7 Å². The summed E-state index contributed by atoms with van der Waals surface area (Å²) in [6.07, 6.45) is 0.845. The minimum absolute atomic E-state index is 0.0175. The van der Waals surface area contributed by atoms with Gasteiger partial charge in [0.25, 0.3) is 0 Å². The van der Waals surface area contributed by atoms with Crippen LogP contribution in [0.2, 0.25) is 0 Å². The molecule has 0 spiro atoms. The lowest BCUT2D eigenvalue weighted by Crippen LogP contribution is -2.42. The maximum Gasteiger partial charge on any atom is 0.0752 e. The Morgan fingerprint density at radius 3 is 2.44 bits per heavy atom. The van der Waals surface area contributed by atoms with Gasteiger partial charge in [0.2, 0.25) is 0 Å². The van der Waals surface area contributed by atoms with Crippen molar-refractivity contribution in [1.29, 1.82) is 0 Å². The molecule has 1 heterocycles. The number of hydrogen-bond acceptors (Lipinski definition) is 3. The Morgan fingerprint density at radius 1 is 1.44 bits per heavy atom. The molecule has 0 aliphatic heterocycles. The summed E-state index contributed by atoms with van der Waals surface area (Å²) in [5.41, 5.74) is 8.42. The molecule has 2 unspecified atom stereocenters. The Morgan fingerprint density at radius 2 is 2.06 bits per heavy atom. The molecular formula is C13H24BrN3O. The molecule has 18 heavy (non-hydrogen) atoms. The minimum Gasteiger partial charge on any atom is -0.377 e. The number of aryl methyl sites for hydroxylation is 2. The van der Waals surface area contributed by atoms with Crippen LogP contribution in [0.15, 0.2) is 4.47 Å². The van der Waals surface area contributed by atoms with Crippen LogP contribution in [-0.4, -0.2) is 28.5 Å². The fraction of sp³-hybridized carbons (Fsp3) is 0.769. The molecule has 1 rings (SSSR count). The number of halogens is 1. The fourth-order valence-corrected chi connectivity index (χ4v) is 2.74. The summed E-state index contributed by atoms with van der Waals surface area (Å²) in [6, 6.07) is -0.0175. The maximum absolute atomic E-state index is 6.30. The Bertz CT molecular complexity index is 390. The van der Waals surface area contributed by atoms with Crippen molar-refractivity contribution in [3.05, 3.63) is 15.9 Å². The van der Waals surface area contributed by atoms with Crippen molar-refractivity contribution in [2.45, 2.75) is 46.3 Å². The van der Waals surface area contributed by atoms with E-state index in [1.807, 2.05) is 25.6 Å². The fourth-order valence-electron chi connectivity index (χ4n) is 2.24. The van der Waals surface area contributed by atoms with Crippen LogP contribution in [0.3, 0.4) is 0 Å². The first-order valence-corrected chi connectivity index (χ1v) is 7.22. The van der Waals surface area contributed by atoms with Crippen molar-refractivity contribution in [1.82, 2.24) is 9.78 Å². The molecule has 104 valence electrons.